The molecule has 0 bridgehead atoms. The van der Waals surface area contributed by atoms with Gasteiger partial charge in [0, 0.05) is 31.1 Å². The second kappa shape index (κ2) is 8.27. The third-order valence-corrected chi connectivity index (χ3v) is 8.74. The van der Waals surface area contributed by atoms with Crippen molar-refractivity contribution >= 4 is 27.3 Å². The molecule has 2 aliphatic rings. The van der Waals surface area contributed by atoms with Crippen molar-refractivity contribution in [3.63, 3.8) is 0 Å². The first-order chi connectivity index (χ1) is 14.0. The lowest BCUT2D eigenvalue weighted by atomic mass is 10.1. The third kappa shape index (κ3) is 4.08. The standard InChI is InChI=1S/C21H23N3O3S2/c22-15-16-6-8-18(9-7-16)29(26,27)24-12-10-23(11-13-24)21(25)20-14-17-4-2-1-3-5-19(17)28-20/h6-9,14H,1-5,10-13H2. The molecule has 2 aromatic rings. The van der Waals surface area contributed by atoms with Crippen LogP contribution in [0.2, 0.25) is 0 Å². The van der Waals surface area contributed by atoms with Crippen molar-refractivity contribution in [1.29, 1.82) is 5.26 Å². The number of carbonyl (C=O) groups excluding carboxylic acids is 1. The molecule has 0 atom stereocenters. The summed E-state index contributed by atoms with van der Waals surface area (Å²) in [4.78, 5) is 17.0. The monoisotopic (exact) mass is 429 g/mol. The van der Waals surface area contributed by atoms with Crippen LogP contribution in [0.3, 0.4) is 0 Å². The van der Waals surface area contributed by atoms with Crippen molar-refractivity contribution in [2.75, 3.05) is 26.2 Å². The molecule has 1 aliphatic carbocycles. The van der Waals surface area contributed by atoms with Gasteiger partial charge in [-0.1, -0.05) is 6.42 Å². The number of aryl methyl sites for hydroxylation is 2. The number of sulfonamides is 1. The topological polar surface area (TPSA) is 81.5 Å². The molecule has 0 spiro atoms. The van der Waals surface area contributed by atoms with E-state index in [1.54, 1.807) is 16.2 Å². The van der Waals surface area contributed by atoms with Crippen LogP contribution in [0.4, 0.5) is 0 Å². The highest BCUT2D eigenvalue weighted by Gasteiger charge is 2.31. The minimum absolute atomic E-state index is 0.0125. The van der Waals surface area contributed by atoms with Crippen LogP contribution >= 0.6 is 11.3 Å². The Kier molecular flexibility index (Phi) is 5.72. The highest BCUT2D eigenvalue weighted by Crippen LogP contribution is 2.30. The number of piperazine rings is 1. The van der Waals surface area contributed by atoms with Gasteiger partial charge in [-0.3, -0.25) is 4.79 Å². The summed E-state index contributed by atoms with van der Waals surface area (Å²) in [6.45, 7) is 1.33. The molecule has 29 heavy (non-hydrogen) atoms. The van der Waals surface area contributed by atoms with Gasteiger partial charge in [0.15, 0.2) is 0 Å². The van der Waals surface area contributed by atoms with Gasteiger partial charge in [-0.2, -0.15) is 9.57 Å². The molecule has 0 N–H and O–H groups in total. The maximum atomic E-state index is 12.9. The lowest BCUT2D eigenvalue weighted by molar-refractivity contribution is 0.0702. The number of nitriles is 1. The first-order valence-electron chi connectivity index (χ1n) is 9.90. The van der Waals surface area contributed by atoms with Crippen LogP contribution in [0, 0.1) is 11.3 Å². The number of thiophene rings is 1. The fourth-order valence-corrected chi connectivity index (χ4v) is 6.55. The second-order valence-corrected chi connectivity index (χ2v) is 10.5. The highest BCUT2D eigenvalue weighted by atomic mass is 32.2. The Labute approximate surface area is 175 Å². The molecule has 1 amide bonds. The van der Waals surface area contributed by atoms with Gasteiger partial charge in [-0.25, -0.2) is 8.42 Å². The van der Waals surface area contributed by atoms with E-state index in [9.17, 15) is 13.2 Å². The summed E-state index contributed by atoms with van der Waals surface area (Å²) < 4.78 is 27.1. The average Bonchev–Trinajstić information content (AvgIpc) is 3.03. The van der Waals surface area contributed by atoms with Gasteiger partial charge in [0.2, 0.25) is 10.0 Å². The fourth-order valence-electron chi connectivity index (χ4n) is 3.91. The van der Waals surface area contributed by atoms with E-state index < -0.39 is 10.0 Å². The number of fused-ring (bicyclic) bond motifs is 1. The molecule has 1 aromatic carbocycles. The van der Waals surface area contributed by atoms with Gasteiger partial charge in [-0.05, 0) is 61.6 Å². The van der Waals surface area contributed by atoms with Gasteiger partial charge >= 0.3 is 0 Å². The van der Waals surface area contributed by atoms with E-state index >= 15 is 0 Å². The maximum Gasteiger partial charge on any atom is 0.264 e. The quantitative estimate of drug-likeness (QED) is 0.703. The number of benzene rings is 1. The Morgan fingerprint density at radius 2 is 1.69 bits per heavy atom. The predicted octanol–water partition coefficient (Wildman–Crippen LogP) is 3.04. The number of nitrogens with zero attached hydrogens (tertiary/aromatic N) is 3. The minimum atomic E-state index is -3.62. The molecular weight excluding hydrogens is 406 g/mol. The largest absolute Gasteiger partial charge is 0.335 e. The summed E-state index contributed by atoms with van der Waals surface area (Å²) in [6, 6.07) is 9.98. The zero-order valence-electron chi connectivity index (χ0n) is 16.1. The Bertz CT molecular complexity index is 1020. The van der Waals surface area contributed by atoms with E-state index in [1.807, 2.05) is 12.1 Å². The Hall–Kier alpha value is -2.21. The lowest BCUT2D eigenvalue weighted by Crippen LogP contribution is -2.50. The fraction of sp³-hybridized carbons (Fsp3) is 0.429. The molecule has 1 aliphatic heterocycles. The second-order valence-electron chi connectivity index (χ2n) is 7.45. The number of carbonyl (C=O) groups is 1. The molecule has 8 heteroatoms. The zero-order chi connectivity index (χ0) is 20.4. The van der Waals surface area contributed by atoms with Gasteiger partial charge in [0.1, 0.15) is 0 Å². The molecular formula is C21H23N3O3S2. The number of rotatable bonds is 3. The number of hydrogen-bond acceptors (Lipinski definition) is 5. The molecule has 152 valence electrons. The van der Waals surface area contributed by atoms with Crippen molar-refractivity contribution in [3.05, 3.63) is 51.2 Å². The normalized spacial score (nSPS) is 18.0. The van der Waals surface area contributed by atoms with Gasteiger partial charge in [0.05, 0.1) is 21.4 Å². The molecule has 0 unspecified atom stereocenters. The minimum Gasteiger partial charge on any atom is -0.335 e. The average molecular weight is 430 g/mol. The van der Waals surface area contributed by atoms with Crippen LogP contribution in [-0.4, -0.2) is 49.7 Å². The van der Waals surface area contributed by atoms with Crippen LogP contribution in [0.1, 0.15) is 44.9 Å². The molecule has 6 nitrogen and oxygen atoms in total. The van der Waals surface area contributed by atoms with Crippen molar-refractivity contribution in [1.82, 2.24) is 9.21 Å². The Morgan fingerprint density at radius 3 is 2.38 bits per heavy atom. The van der Waals surface area contributed by atoms with Crippen LogP contribution in [0.15, 0.2) is 35.2 Å². The van der Waals surface area contributed by atoms with Crippen LogP contribution in [-0.2, 0) is 22.9 Å². The summed E-state index contributed by atoms with van der Waals surface area (Å²) in [5.74, 6) is 0.0125. The van der Waals surface area contributed by atoms with Crippen LogP contribution in [0.5, 0.6) is 0 Å². The first-order valence-corrected chi connectivity index (χ1v) is 12.2. The predicted molar refractivity (Wildman–Crippen MR) is 111 cm³/mol. The molecule has 1 aromatic heterocycles. The van der Waals surface area contributed by atoms with Crippen LogP contribution in [0.25, 0.3) is 0 Å². The number of hydrogen-bond donors (Lipinski definition) is 0. The molecule has 4 rings (SSSR count). The smallest absolute Gasteiger partial charge is 0.264 e. The molecule has 0 saturated carbocycles. The lowest BCUT2D eigenvalue weighted by Gasteiger charge is -2.33. The molecule has 0 radical (unpaired) electrons. The van der Waals surface area contributed by atoms with E-state index in [1.165, 1.54) is 58.3 Å². The molecule has 1 fully saturated rings. The SMILES string of the molecule is N#Cc1ccc(S(=O)(=O)N2CCN(C(=O)c3cc4c(s3)CCCCC4)CC2)cc1. The maximum absolute atomic E-state index is 12.9. The van der Waals surface area contributed by atoms with E-state index in [0.717, 1.165) is 17.7 Å². The molecule has 2 heterocycles. The van der Waals surface area contributed by atoms with Crippen LogP contribution < -0.4 is 0 Å². The summed E-state index contributed by atoms with van der Waals surface area (Å²) in [5, 5.41) is 8.88. The third-order valence-electron chi connectivity index (χ3n) is 5.60. The zero-order valence-corrected chi connectivity index (χ0v) is 17.8. The molecule has 1 saturated heterocycles. The van der Waals surface area contributed by atoms with Crippen molar-refractivity contribution in [2.45, 2.75) is 37.0 Å². The van der Waals surface area contributed by atoms with Gasteiger partial charge < -0.3 is 4.90 Å². The van der Waals surface area contributed by atoms with Gasteiger partial charge in [0.25, 0.3) is 5.91 Å². The van der Waals surface area contributed by atoms with Gasteiger partial charge in [-0.15, -0.1) is 11.3 Å². The summed E-state index contributed by atoms with van der Waals surface area (Å²) in [7, 11) is -3.62. The first kappa shape index (κ1) is 20.1. The van der Waals surface area contributed by atoms with E-state index in [-0.39, 0.29) is 23.9 Å². The van der Waals surface area contributed by atoms with E-state index in [2.05, 4.69) is 0 Å². The summed E-state index contributed by atoms with van der Waals surface area (Å²) in [5.41, 5.74) is 1.74. The summed E-state index contributed by atoms with van der Waals surface area (Å²) >= 11 is 1.61. The number of amides is 1. The van der Waals surface area contributed by atoms with E-state index in [4.69, 9.17) is 5.26 Å². The Morgan fingerprint density at radius 1 is 1.00 bits per heavy atom. The van der Waals surface area contributed by atoms with Crippen molar-refractivity contribution < 1.29 is 13.2 Å². The van der Waals surface area contributed by atoms with Crippen molar-refractivity contribution in [3.8, 4) is 6.07 Å². The Balaban J connectivity index is 1.42. The van der Waals surface area contributed by atoms with Crippen molar-refractivity contribution in [2.24, 2.45) is 0 Å². The van der Waals surface area contributed by atoms with E-state index in [0.29, 0.717) is 18.7 Å². The summed E-state index contributed by atoms with van der Waals surface area (Å²) in [6.07, 6.45) is 5.73. The highest BCUT2D eigenvalue weighted by molar-refractivity contribution is 7.89.